The molecule has 0 bridgehead atoms. The Morgan fingerprint density at radius 3 is 2.24 bits per heavy atom. The average Bonchev–Trinajstić information content (AvgIpc) is 2.66. The first kappa shape index (κ1) is 22.8. The molecule has 156 valence electrons. The van der Waals surface area contributed by atoms with Crippen LogP contribution in [0.5, 0.6) is 5.75 Å². The maximum absolute atomic E-state index is 13.1. The van der Waals surface area contributed by atoms with Crippen molar-refractivity contribution in [1.82, 2.24) is 10.2 Å². The zero-order chi connectivity index (χ0) is 21.4. The Labute approximate surface area is 178 Å². The van der Waals surface area contributed by atoms with Gasteiger partial charge in [-0.15, -0.1) is 0 Å². The van der Waals surface area contributed by atoms with E-state index in [0.717, 1.165) is 5.56 Å². The molecular formula is C23H29ClN2O3. The van der Waals surface area contributed by atoms with Crippen molar-refractivity contribution in [2.24, 2.45) is 0 Å². The minimum atomic E-state index is -0.587. The highest BCUT2D eigenvalue weighted by Crippen LogP contribution is 2.17. The van der Waals surface area contributed by atoms with Gasteiger partial charge in [0.2, 0.25) is 5.91 Å². The molecule has 1 N–H and O–H groups in total. The molecule has 2 rings (SSSR count). The van der Waals surface area contributed by atoms with Crippen molar-refractivity contribution in [3.05, 3.63) is 65.2 Å². The summed E-state index contributed by atoms with van der Waals surface area (Å²) in [4.78, 5) is 27.5. The van der Waals surface area contributed by atoms with Crippen molar-refractivity contribution in [3.8, 4) is 5.75 Å². The van der Waals surface area contributed by atoms with Crippen LogP contribution in [0.1, 0.15) is 39.7 Å². The van der Waals surface area contributed by atoms with Crippen LogP contribution >= 0.6 is 11.6 Å². The van der Waals surface area contributed by atoms with Crippen LogP contribution in [-0.4, -0.2) is 34.9 Å². The van der Waals surface area contributed by atoms with Gasteiger partial charge in [-0.2, -0.15) is 0 Å². The summed E-state index contributed by atoms with van der Waals surface area (Å²) in [5, 5.41) is 3.58. The van der Waals surface area contributed by atoms with Crippen LogP contribution in [0.25, 0.3) is 0 Å². The molecule has 0 heterocycles. The SMILES string of the molecule is CC[C@@H](C(=O)NC(C)(C)C)N(Cc1ccccc1)C(=O)COc1ccc(Cl)cc1. The first-order valence-electron chi connectivity index (χ1n) is 9.73. The van der Waals surface area contributed by atoms with Crippen molar-refractivity contribution in [2.45, 2.75) is 52.2 Å². The molecule has 0 aliphatic heterocycles. The lowest BCUT2D eigenvalue weighted by molar-refractivity contribution is -0.143. The summed E-state index contributed by atoms with van der Waals surface area (Å²) in [5.41, 5.74) is 0.570. The minimum Gasteiger partial charge on any atom is -0.484 e. The van der Waals surface area contributed by atoms with Gasteiger partial charge in [-0.3, -0.25) is 9.59 Å². The van der Waals surface area contributed by atoms with Crippen molar-refractivity contribution in [1.29, 1.82) is 0 Å². The molecule has 2 aromatic rings. The number of benzene rings is 2. The van der Waals surface area contributed by atoms with Crippen LogP contribution in [-0.2, 0) is 16.1 Å². The molecule has 0 fully saturated rings. The van der Waals surface area contributed by atoms with E-state index in [2.05, 4.69) is 5.32 Å². The molecule has 0 aliphatic carbocycles. The summed E-state index contributed by atoms with van der Waals surface area (Å²) in [6, 6.07) is 15.9. The Morgan fingerprint density at radius 2 is 1.69 bits per heavy atom. The smallest absolute Gasteiger partial charge is 0.261 e. The van der Waals surface area contributed by atoms with E-state index in [4.69, 9.17) is 16.3 Å². The van der Waals surface area contributed by atoms with E-state index in [1.165, 1.54) is 0 Å². The highest BCUT2D eigenvalue weighted by atomic mass is 35.5. The molecule has 0 radical (unpaired) electrons. The molecule has 1 atom stereocenters. The van der Waals surface area contributed by atoms with Crippen molar-refractivity contribution < 1.29 is 14.3 Å². The molecule has 0 unspecified atom stereocenters. The fraction of sp³-hybridized carbons (Fsp3) is 0.391. The molecule has 5 nitrogen and oxygen atoms in total. The largest absolute Gasteiger partial charge is 0.484 e. The molecule has 0 aromatic heterocycles. The van der Waals surface area contributed by atoms with E-state index in [1.807, 2.05) is 58.0 Å². The quantitative estimate of drug-likeness (QED) is 0.692. The predicted octanol–water partition coefficient (Wildman–Crippen LogP) is 4.44. The van der Waals surface area contributed by atoms with Gasteiger partial charge in [0, 0.05) is 17.1 Å². The minimum absolute atomic E-state index is 0.159. The van der Waals surface area contributed by atoms with Crippen LogP contribution in [0.3, 0.4) is 0 Å². The summed E-state index contributed by atoms with van der Waals surface area (Å²) >= 11 is 5.89. The second-order valence-electron chi connectivity index (χ2n) is 7.91. The molecule has 0 aliphatic rings. The van der Waals surface area contributed by atoms with Gasteiger partial charge in [-0.1, -0.05) is 48.9 Å². The average molecular weight is 417 g/mol. The number of rotatable bonds is 8. The third-order valence-corrected chi connectivity index (χ3v) is 4.51. The maximum Gasteiger partial charge on any atom is 0.261 e. The van der Waals surface area contributed by atoms with E-state index in [1.54, 1.807) is 29.2 Å². The summed E-state index contributed by atoms with van der Waals surface area (Å²) in [6.45, 7) is 7.84. The number of ether oxygens (including phenoxy) is 1. The van der Waals surface area contributed by atoms with E-state index in [-0.39, 0.29) is 24.0 Å². The molecule has 0 saturated carbocycles. The van der Waals surface area contributed by atoms with E-state index in [0.29, 0.717) is 23.7 Å². The number of halogens is 1. The van der Waals surface area contributed by atoms with Gasteiger partial charge in [0.15, 0.2) is 6.61 Å². The number of amides is 2. The zero-order valence-corrected chi connectivity index (χ0v) is 18.2. The molecule has 0 saturated heterocycles. The Kier molecular flexibility index (Phi) is 8.09. The maximum atomic E-state index is 13.1. The zero-order valence-electron chi connectivity index (χ0n) is 17.4. The number of nitrogens with zero attached hydrogens (tertiary/aromatic N) is 1. The second-order valence-corrected chi connectivity index (χ2v) is 8.35. The summed E-state index contributed by atoms with van der Waals surface area (Å²) in [7, 11) is 0. The third kappa shape index (κ3) is 7.42. The number of hydrogen-bond donors (Lipinski definition) is 1. The Bertz CT molecular complexity index is 801. The van der Waals surface area contributed by atoms with Gasteiger partial charge in [-0.25, -0.2) is 0 Å². The van der Waals surface area contributed by atoms with Crippen LogP contribution in [0, 0.1) is 0 Å². The molecule has 0 spiro atoms. The van der Waals surface area contributed by atoms with E-state index in [9.17, 15) is 9.59 Å². The lowest BCUT2D eigenvalue weighted by atomic mass is 10.1. The van der Waals surface area contributed by atoms with Gasteiger partial charge in [0.1, 0.15) is 11.8 Å². The monoisotopic (exact) mass is 416 g/mol. The van der Waals surface area contributed by atoms with Crippen LogP contribution in [0.4, 0.5) is 0 Å². The lowest BCUT2D eigenvalue weighted by Gasteiger charge is -2.33. The molecule has 6 heteroatoms. The van der Waals surface area contributed by atoms with Gasteiger partial charge < -0.3 is 15.0 Å². The molecule has 29 heavy (non-hydrogen) atoms. The number of hydrogen-bond acceptors (Lipinski definition) is 3. The van der Waals surface area contributed by atoms with Crippen molar-refractivity contribution in [3.63, 3.8) is 0 Å². The summed E-state index contributed by atoms with van der Waals surface area (Å²) in [5.74, 6) is 0.130. The summed E-state index contributed by atoms with van der Waals surface area (Å²) in [6.07, 6.45) is 0.501. The molecule has 2 amide bonds. The Balaban J connectivity index is 2.19. The highest BCUT2D eigenvalue weighted by Gasteiger charge is 2.30. The fourth-order valence-electron chi connectivity index (χ4n) is 2.91. The first-order chi connectivity index (χ1) is 13.7. The van der Waals surface area contributed by atoms with Gasteiger partial charge in [-0.05, 0) is 57.0 Å². The van der Waals surface area contributed by atoms with Gasteiger partial charge >= 0.3 is 0 Å². The lowest BCUT2D eigenvalue weighted by Crippen LogP contribution is -2.54. The van der Waals surface area contributed by atoms with Gasteiger partial charge in [0.05, 0.1) is 0 Å². The van der Waals surface area contributed by atoms with Crippen LogP contribution in [0.2, 0.25) is 5.02 Å². The third-order valence-electron chi connectivity index (χ3n) is 4.26. The second kappa shape index (κ2) is 10.3. The molecule has 2 aromatic carbocycles. The van der Waals surface area contributed by atoms with Gasteiger partial charge in [0.25, 0.3) is 5.91 Å². The standard InChI is InChI=1S/C23H29ClN2O3/c1-5-20(22(28)25-23(2,3)4)26(15-17-9-7-6-8-10-17)21(27)16-29-19-13-11-18(24)12-14-19/h6-14,20H,5,15-16H2,1-4H3,(H,25,28)/t20-/m0/s1. The number of nitrogens with one attached hydrogen (secondary N) is 1. The van der Waals surface area contributed by atoms with Crippen molar-refractivity contribution >= 4 is 23.4 Å². The fourth-order valence-corrected chi connectivity index (χ4v) is 3.04. The topological polar surface area (TPSA) is 58.6 Å². The summed E-state index contributed by atoms with van der Waals surface area (Å²) < 4.78 is 5.64. The Hall–Kier alpha value is -2.53. The first-order valence-corrected chi connectivity index (χ1v) is 10.1. The normalized spacial score (nSPS) is 12.2. The van der Waals surface area contributed by atoms with Crippen LogP contribution < -0.4 is 10.1 Å². The van der Waals surface area contributed by atoms with E-state index >= 15 is 0 Å². The Morgan fingerprint density at radius 1 is 1.07 bits per heavy atom. The van der Waals surface area contributed by atoms with E-state index < -0.39 is 6.04 Å². The highest BCUT2D eigenvalue weighted by molar-refractivity contribution is 6.30. The predicted molar refractivity (Wildman–Crippen MR) is 116 cm³/mol. The van der Waals surface area contributed by atoms with Crippen molar-refractivity contribution in [2.75, 3.05) is 6.61 Å². The van der Waals surface area contributed by atoms with Crippen LogP contribution in [0.15, 0.2) is 54.6 Å². The molecular weight excluding hydrogens is 388 g/mol. The number of carbonyl (C=O) groups excluding carboxylic acids is 2. The number of carbonyl (C=O) groups is 2.